The molecule has 0 saturated heterocycles. The number of benzene rings is 9. The topological polar surface area (TPSA) is 175 Å². The number of aromatic nitrogens is 6. The first-order valence-electron chi connectivity index (χ1n) is 60.0. The Bertz CT molecular complexity index is 8110. The fourth-order valence-corrected chi connectivity index (χ4v) is 18.8. The van der Waals surface area contributed by atoms with Crippen molar-refractivity contribution in [3.63, 3.8) is 0 Å². The highest BCUT2D eigenvalue weighted by molar-refractivity contribution is 7.98. The Morgan fingerprint density at radius 3 is 1.02 bits per heavy atom. The molecule has 144 heavy (non-hydrogen) atoms. The molecule has 0 fully saturated rings. The van der Waals surface area contributed by atoms with Crippen molar-refractivity contribution in [2.24, 2.45) is 0 Å². The Balaban J connectivity index is 0.000000212. The van der Waals surface area contributed by atoms with E-state index in [-0.39, 0.29) is 146 Å². The van der Waals surface area contributed by atoms with Crippen LogP contribution in [0.1, 0.15) is 201 Å². The number of nitrogens with zero attached hydrogens (tertiary/aromatic N) is 12. The third-order valence-corrected chi connectivity index (χ3v) is 26.6. The van der Waals surface area contributed by atoms with E-state index < -0.39 is 232 Å². The van der Waals surface area contributed by atoms with Crippen LogP contribution in [-0.2, 0) is 128 Å². The van der Waals surface area contributed by atoms with Gasteiger partial charge in [0.15, 0.2) is 15.5 Å². The second-order valence-electron chi connectivity index (χ2n) is 33.1. The van der Waals surface area contributed by atoms with Crippen molar-refractivity contribution in [1.29, 1.82) is 0 Å². The number of carbonyl (C=O) groups excluding carboxylic acids is 3. The number of fused-ring (bicyclic) bond motifs is 3. The van der Waals surface area contributed by atoms with E-state index in [4.69, 9.17) is 28.8 Å². The number of hydrogen-bond donors (Lipinski definition) is 0. The maximum Gasteiger partial charge on any atom is 0.416 e. The molecule has 3 amide bonds. The zero-order valence-electron chi connectivity index (χ0n) is 109. The van der Waals surface area contributed by atoms with E-state index in [0.29, 0.717) is 135 Å². The van der Waals surface area contributed by atoms with Crippen molar-refractivity contribution >= 4 is 53.0 Å². The number of rotatable bonds is 39. The number of alkyl halides is 9. The molecule has 9 aromatic carbocycles. The van der Waals surface area contributed by atoms with Crippen LogP contribution in [0.2, 0.25) is 0 Å². The fourth-order valence-electron chi connectivity index (χ4n) is 15.9. The van der Waals surface area contributed by atoms with Crippen LogP contribution in [-0.4, -0.2) is 154 Å². The molecule has 0 N–H and O–H groups in total. The van der Waals surface area contributed by atoms with Gasteiger partial charge >= 0.3 is 18.5 Å². The lowest BCUT2D eigenvalue weighted by Gasteiger charge is -2.28. The molecule has 0 aliphatic heterocycles. The van der Waals surface area contributed by atoms with Crippen LogP contribution in [0.15, 0.2) is 230 Å². The molecule has 0 unspecified atom stereocenters. The van der Waals surface area contributed by atoms with Gasteiger partial charge in [-0.15, -0.1) is 0 Å². The number of halogens is 12. The van der Waals surface area contributed by atoms with Crippen molar-refractivity contribution in [3.8, 4) is 33.4 Å². The SMILES string of the molecule is [2H]c1c([2H])c(-c2ccc(C(F)(F)F)cc2)c(C)c([2H])c1CN(C(=O)Cn1c(SCc2ccc(F)cc2)nc(=O)c2c1CCC2)C([2H])([2H])C([2H])([2H])N(C([2H])([2H])C)C([2H])([2H])C.[2H]c1c([2H])c(-c2ccc(C(F)(F)F)cc2)c(C)c([2H])c1CN(CCN(CC)CC)C(=O)C([2H])([2H])n1c(SCc2ccc(F)cc2)nc(=O)c2c1CCC2.[2H]c1c([2H])c(C([2H])([2H])N(C(=O)Cn2c(SCc3ccc(F)cc3)nc(=O)c3c2CCC3)C([2H])([2H])C([2H])([2H])N(C([2H])([2H])C)C([2H])([2H])C)c([2H])c(C)c1-c1ccc(C(F)(F)F)cc1. The van der Waals surface area contributed by atoms with Crippen molar-refractivity contribution in [2.75, 3.05) is 78.2 Å². The Hall–Kier alpha value is -11.9. The van der Waals surface area contributed by atoms with Crippen molar-refractivity contribution in [1.82, 2.24) is 58.1 Å². The van der Waals surface area contributed by atoms with Crippen LogP contribution < -0.4 is 16.7 Å². The van der Waals surface area contributed by atoms with Crippen LogP contribution in [0.4, 0.5) is 52.7 Å². The van der Waals surface area contributed by atoms with Gasteiger partial charge in [-0.05, 0) is 274 Å². The van der Waals surface area contributed by atoms with Crippen molar-refractivity contribution < 1.29 is 107 Å². The summed E-state index contributed by atoms with van der Waals surface area (Å²) in [6.07, 6.45) is -10.7. The van der Waals surface area contributed by atoms with Gasteiger partial charge in [-0.25, -0.2) is 13.2 Å². The second kappa shape index (κ2) is 50.3. The molecule has 33 heteroatoms. The molecule has 0 spiro atoms. The molecule has 18 nitrogen and oxygen atoms in total. The van der Waals surface area contributed by atoms with Gasteiger partial charge in [-0.2, -0.15) is 54.5 Å². The minimum absolute atomic E-state index is 0.000185. The molecular weight excluding hydrogens is 1920 g/mol. The number of hydrogen-bond acceptors (Lipinski definition) is 15. The number of carbonyl (C=O) groups is 3. The summed E-state index contributed by atoms with van der Waals surface area (Å²) in [5.74, 6) is -4.81. The Labute approximate surface area is 885 Å². The molecule has 3 aliphatic rings. The lowest BCUT2D eigenvalue weighted by Crippen LogP contribution is -2.40. The summed E-state index contributed by atoms with van der Waals surface area (Å²) in [5, 5.41) is -0.119. The first kappa shape index (κ1) is 75.8. The molecule has 3 heterocycles. The molecule has 0 bridgehead atoms. The average molecular weight is 2070 g/mol. The predicted molar refractivity (Wildman–Crippen MR) is 544 cm³/mol. The van der Waals surface area contributed by atoms with Gasteiger partial charge in [0.05, 0.1) is 40.0 Å². The van der Waals surface area contributed by atoms with E-state index in [1.165, 1.54) is 112 Å². The molecule has 0 radical (unpaired) electrons. The Morgan fingerprint density at radius 1 is 0.368 bits per heavy atom. The molecular formula is C111H120F12N12O6S3. The van der Waals surface area contributed by atoms with Crippen LogP contribution in [0.5, 0.6) is 0 Å². The zero-order valence-corrected chi connectivity index (χ0v) is 82.0. The summed E-state index contributed by atoms with van der Waals surface area (Å²) in [5.41, 5.74) is -2.56. The monoisotopic (exact) mass is 2070 g/mol. The van der Waals surface area contributed by atoms with Crippen LogP contribution in [0.3, 0.4) is 0 Å². The number of thioether (sulfide) groups is 3. The summed E-state index contributed by atoms with van der Waals surface area (Å²) in [6.45, 7) is -24.6. The molecule has 762 valence electrons. The second-order valence-corrected chi connectivity index (χ2v) is 35.9. The minimum Gasteiger partial charge on any atom is -0.336 e. The lowest BCUT2D eigenvalue weighted by molar-refractivity contribution is -0.138. The van der Waals surface area contributed by atoms with Crippen molar-refractivity contribution in [2.45, 2.75) is 211 Å². The van der Waals surface area contributed by atoms with Crippen LogP contribution >= 0.6 is 35.3 Å². The maximum absolute atomic E-state index is 14.9. The molecule has 0 saturated carbocycles. The summed E-state index contributed by atoms with van der Waals surface area (Å²) in [4.78, 5) is 99.2. The van der Waals surface area contributed by atoms with E-state index >= 15 is 0 Å². The van der Waals surface area contributed by atoms with E-state index in [1.54, 1.807) is 12.1 Å². The smallest absolute Gasteiger partial charge is 0.336 e. The molecule has 0 atom stereocenters. The zero-order chi connectivity index (χ0) is 129. The number of likely N-dealkylation sites (N-methyl/N-ethyl adjacent to an activating group) is 3. The van der Waals surface area contributed by atoms with E-state index in [0.717, 1.165) is 97.7 Å². The highest BCUT2D eigenvalue weighted by Gasteiger charge is 2.35. The molecule has 3 aromatic heterocycles. The highest BCUT2D eigenvalue weighted by Crippen LogP contribution is 2.39. The first-order chi connectivity index (χ1) is 79.9. The molecule has 12 aromatic rings. The van der Waals surface area contributed by atoms with Gasteiger partial charge in [-0.3, -0.25) is 28.8 Å². The van der Waals surface area contributed by atoms with E-state index in [2.05, 4.69) is 15.0 Å². The van der Waals surface area contributed by atoms with Gasteiger partial charge in [0.2, 0.25) is 17.7 Å². The minimum atomic E-state index is -4.73. The third-order valence-electron chi connectivity index (χ3n) is 23.5. The fraction of sp³-hybridized carbons (Fsp3) is 0.378. The van der Waals surface area contributed by atoms with Gasteiger partial charge in [0.25, 0.3) is 16.7 Å². The average Bonchev–Trinajstić information content (AvgIpc) is 1.30. The molecule has 3 aliphatic carbocycles. The standard InChI is InChI=1S/3C37H40F4N4O2S/c3*1-4-43(5-2)19-20-44(22-27-11-18-31(25(3)21-27)28-12-14-29(15-13-28)37(39,40)41)34(46)23-45-33-8-6-7-32(33)35(47)42-36(45)48-24-26-9-16-30(38)17-10-26/h3*9-18,21H,4-8,19-20,22-24H2,1-3H3/i4D2,5D2,11D,18D,19D2,20D2,21D,22D2;4D2,5D2,11D,18D,19D2,20D2,21D;11D,18D,21D,23D2. The van der Waals surface area contributed by atoms with Crippen molar-refractivity contribution in [3.05, 3.63) is 349 Å². The highest BCUT2D eigenvalue weighted by atomic mass is 32.2. The summed E-state index contributed by atoms with van der Waals surface area (Å²) < 4.78 is 421. The van der Waals surface area contributed by atoms with Gasteiger partial charge in [-0.1, -0.05) is 204 Å². The third kappa shape index (κ3) is 29.1. The van der Waals surface area contributed by atoms with E-state index in [9.17, 15) is 92.4 Å². The maximum atomic E-state index is 14.9. The summed E-state index contributed by atoms with van der Waals surface area (Å²) in [7, 11) is 0. The molecule has 15 rings (SSSR count). The Kier molecular flexibility index (Phi) is 26.5. The first-order valence-corrected chi connectivity index (χ1v) is 48.5. The van der Waals surface area contributed by atoms with Gasteiger partial charge in [0, 0.05) is 126 Å². The van der Waals surface area contributed by atoms with Gasteiger partial charge in [0.1, 0.15) is 37.0 Å². The van der Waals surface area contributed by atoms with Crippen LogP contribution in [0.25, 0.3) is 33.4 Å². The normalized spacial score (nSPS) is 16.8. The quantitative estimate of drug-likeness (QED) is 0.0202. The summed E-state index contributed by atoms with van der Waals surface area (Å²) >= 11 is 2.98. The summed E-state index contributed by atoms with van der Waals surface area (Å²) in [6, 6.07) is 22.0. The van der Waals surface area contributed by atoms with Gasteiger partial charge < -0.3 is 43.1 Å². The largest absolute Gasteiger partial charge is 0.416 e. The lowest BCUT2D eigenvalue weighted by atomic mass is 9.97. The van der Waals surface area contributed by atoms with E-state index in [1.807, 2.05) is 18.7 Å². The predicted octanol–water partition coefficient (Wildman–Crippen LogP) is 22.6. The Morgan fingerprint density at radius 2 is 0.681 bits per heavy atom. The van der Waals surface area contributed by atoms with Crippen LogP contribution in [0, 0.1) is 38.2 Å². The number of amides is 3.